The highest BCUT2D eigenvalue weighted by Crippen LogP contribution is 2.29. The third-order valence-electron chi connectivity index (χ3n) is 3.40. The number of nitriles is 1. The second-order valence-electron chi connectivity index (χ2n) is 4.72. The Morgan fingerprint density at radius 3 is 2.27 bits per heavy atom. The zero-order valence-corrected chi connectivity index (χ0v) is 12.6. The van der Waals surface area contributed by atoms with Crippen LogP contribution in [-0.2, 0) is 0 Å². The second-order valence-corrected chi connectivity index (χ2v) is 5.08. The number of aromatic nitrogens is 2. The lowest BCUT2D eigenvalue weighted by atomic mass is 9.97. The standard InChI is InChI=1S/C17H12ClN3O/c1-22-12-8-6-11(7-9-12)13(10-19)16-17(18)21-15-5-3-2-4-14(15)20-16/h2-9,13H,1H3/t13-/m1/s1. The van der Waals surface area contributed by atoms with E-state index in [0.29, 0.717) is 11.2 Å². The van der Waals surface area contributed by atoms with Gasteiger partial charge in [0.05, 0.1) is 24.2 Å². The van der Waals surface area contributed by atoms with Crippen LogP contribution in [-0.4, -0.2) is 17.1 Å². The average molecular weight is 310 g/mol. The minimum absolute atomic E-state index is 0.251. The molecular weight excluding hydrogens is 298 g/mol. The van der Waals surface area contributed by atoms with Crippen molar-refractivity contribution in [3.63, 3.8) is 0 Å². The maximum Gasteiger partial charge on any atom is 0.152 e. The molecule has 0 saturated heterocycles. The Hall–Kier alpha value is -2.64. The number of rotatable bonds is 3. The Kier molecular flexibility index (Phi) is 3.90. The van der Waals surface area contributed by atoms with E-state index >= 15 is 0 Å². The molecule has 0 aliphatic carbocycles. The highest BCUT2D eigenvalue weighted by Gasteiger charge is 2.20. The van der Waals surface area contributed by atoms with Gasteiger partial charge in [-0.25, -0.2) is 9.97 Å². The van der Waals surface area contributed by atoms with Crippen molar-refractivity contribution < 1.29 is 4.74 Å². The van der Waals surface area contributed by atoms with Crippen molar-refractivity contribution in [1.82, 2.24) is 9.97 Å². The molecule has 0 aliphatic rings. The Morgan fingerprint density at radius 2 is 1.68 bits per heavy atom. The van der Waals surface area contributed by atoms with E-state index in [1.54, 1.807) is 7.11 Å². The number of fused-ring (bicyclic) bond motifs is 1. The predicted molar refractivity (Wildman–Crippen MR) is 85.0 cm³/mol. The summed E-state index contributed by atoms with van der Waals surface area (Å²) in [6, 6.07) is 17.0. The molecule has 1 atom stereocenters. The molecule has 0 N–H and O–H groups in total. The number of nitrogens with zero attached hydrogens (tertiary/aromatic N) is 3. The molecule has 0 bridgehead atoms. The Bertz CT molecular complexity index is 856. The molecule has 0 saturated carbocycles. The smallest absolute Gasteiger partial charge is 0.152 e. The quantitative estimate of drug-likeness (QED) is 0.735. The Balaban J connectivity index is 2.10. The third kappa shape index (κ3) is 2.59. The topological polar surface area (TPSA) is 58.8 Å². The van der Waals surface area contributed by atoms with Gasteiger partial charge in [-0.3, -0.25) is 0 Å². The highest BCUT2D eigenvalue weighted by atomic mass is 35.5. The summed E-state index contributed by atoms with van der Waals surface area (Å²) in [5.74, 6) is 0.159. The molecular formula is C17H12ClN3O. The second kappa shape index (κ2) is 6.00. The first-order chi connectivity index (χ1) is 10.7. The van der Waals surface area contributed by atoms with Crippen LogP contribution < -0.4 is 4.74 Å². The van der Waals surface area contributed by atoms with E-state index in [-0.39, 0.29) is 5.15 Å². The van der Waals surface area contributed by atoms with Gasteiger partial charge in [0.1, 0.15) is 17.4 Å². The van der Waals surface area contributed by atoms with E-state index in [0.717, 1.165) is 16.8 Å². The summed E-state index contributed by atoms with van der Waals surface area (Å²) in [5.41, 5.74) is 2.70. The number of hydrogen-bond acceptors (Lipinski definition) is 4. The van der Waals surface area contributed by atoms with E-state index in [1.807, 2.05) is 48.5 Å². The molecule has 0 amide bonds. The van der Waals surface area contributed by atoms with Gasteiger partial charge in [-0.15, -0.1) is 0 Å². The number of methoxy groups -OCH3 is 1. The summed E-state index contributed by atoms with van der Waals surface area (Å²) >= 11 is 6.24. The lowest BCUT2D eigenvalue weighted by molar-refractivity contribution is 0.414. The zero-order chi connectivity index (χ0) is 15.5. The lowest BCUT2D eigenvalue weighted by Crippen LogP contribution is -2.04. The lowest BCUT2D eigenvalue weighted by Gasteiger charge is -2.12. The van der Waals surface area contributed by atoms with Crippen LogP contribution in [0.25, 0.3) is 11.0 Å². The largest absolute Gasteiger partial charge is 0.497 e. The number of benzene rings is 2. The minimum atomic E-state index is -0.574. The van der Waals surface area contributed by atoms with Crippen LogP contribution in [0, 0.1) is 11.3 Å². The van der Waals surface area contributed by atoms with Gasteiger partial charge >= 0.3 is 0 Å². The van der Waals surface area contributed by atoms with E-state index in [1.165, 1.54) is 0 Å². The summed E-state index contributed by atoms with van der Waals surface area (Å²) in [5, 5.41) is 9.80. The summed E-state index contributed by atoms with van der Waals surface area (Å²) in [7, 11) is 1.60. The monoisotopic (exact) mass is 309 g/mol. The van der Waals surface area contributed by atoms with Crippen molar-refractivity contribution >= 4 is 22.6 Å². The van der Waals surface area contributed by atoms with E-state index < -0.39 is 5.92 Å². The van der Waals surface area contributed by atoms with Gasteiger partial charge in [-0.05, 0) is 29.8 Å². The SMILES string of the molecule is COc1ccc([C@@H](C#N)c2nc3ccccc3nc2Cl)cc1. The van der Waals surface area contributed by atoms with Crippen molar-refractivity contribution in [2.24, 2.45) is 0 Å². The molecule has 0 fully saturated rings. The van der Waals surface area contributed by atoms with Crippen molar-refractivity contribution in [3.8, 4) is 11.8 Å². The van der Waals surface area contributed by atoms with Gasteiger partial charge in [0, 0.05) is 0 Å². The molecule has 3 rings (SSSR count). The molecule has 0 unspecified atom stereocenters. The summed E-state index contributed by atoms with van der Waals surface area (Å²) < 4.78 is 5.13. The number of para-hydroxylation sites is 2. The van der Waals surface area contributed by atoms with Crippen LogP contribution in [0.1, 0.15) is 17.2 Å². The molecule has 108 valence electrons. The third-order valence-corrected chi connectivity index (χ3v) is 3.68. The van der Waals surface area contributed by atoms with Crippen molar-refractivity contribution in [2.75, 3.05) is 7.11 Å². The molecule has 5 heteroatoms. The maximum atomic E-state index is 9.55. The van der Waals surface area contributed by atoms with Gasteiger partial charge < -0.3 is 4.74 Å². The fraction of sp³-hybridized carbons (Fsp3) is 0.118. The molecule has 0 radical (unpaired) electrons. The zero-order valence-electron chi connectivity index (χ0n) is 11.8. The Morgan fingerprint density at radius 1 is 1.05 bits per heavy atom. The maximum absolute atomic E-state index is 9.55. The first kappa shape index (κ1) is 14.3. The fourth-order valence-corrected chi connectivity index (χ4v) is 2.51. The number of halogens is 1. The van der Waals surface area contributed by atoms with Crippen molar-refractivity contribution in [1.29, 1.82) is 5.26 Å². The van der Waals surface area contributed by atoms with Crippen LogP contribution >= 0.6 is 11.6 Å². The fourth-order valence-electron chi connectivity index (χ4n) is 2.27. The molecule has 0 aliphatic heterocycles. The summed E-state index contributed by atoms with van der Waals surface area (Å²) in [6.07, 6.45) is 0. The van der Waals surface area contributed by atoms with Gasteiger partial charge in [0.15, 0.2) is 5.15 Å². The average Bonchev–Trinajstić information content (AvgIpc) is 2.56. The predicted octanol–water partition coefficient (Wildman–Crippen LogP) is 3.95. The van der Waals surface area contributed by atoms with Crippen molar-refractivity contribution in [3.05, 3.63) is 64.9 Å². The molecule has 4 nitrogen and oxygen atoms in total. The van der Waals surface area contributed by atoms with Crippen LogP contribution in [0.4, 0.5) is 0 Å². The first-order valence-electron chi connectivity index (χ1n) is 6.68. The molecule has 1 aromatic heterocycles. The molecule has 1 heterocycles. The number of hydrogen-bond donors (Lipinski definition) is 0. The van der Waals surface area contributed by atoms with E-state index in [4.69, 9.17) is 16.3 Å². The molecule has 0 spiro atoms. The minimum Gasteiger partial charge on any atom is -0.497 e. The van der Waals surface area contributed by atoms with Gasteiger partial charge in [0.2, 0.25) is 0 Å². The normalized spacial score (nSPS) is 11.9. The van der Waals surface area contributed by atoms with E-state index in [2.05, 4.69) is 16.0 Å². The first-order valence-corrected chi connectivity index (χ1v) is 7.06. The highest BCUT2D eigenvalue weighted by molar-refractivity contribution is 6.30. The molecule has 2 aromatic carbocycles. The molecule has 22 heavy (non-hydrogen) atoms. The molecule has 3 aromatic rings. The Labute approximate surface area is 133 Å². The number of ether oxygens (including phenoxy) is 1. The van der Waals surface area contributed by atoms with Crippen LogP contribution in [0.15, 0.2) is 48.5 Å². The van der Waals surface area contributed by atoms with Gasteiger partial charge in [-0.2, -0.15) is 5.26 Å². The summed E-state index contributed by atoms with van der Waals surface area (Å²) in [4.78, 5) is 8.85. The van der Waals surface area contributed by atoms with E-state index in [9.17, 15) is 5.26 Å². The van der Waals surface area contributed by atoms with Crippen LogP contribution in [0.2, 0.25) is 5.15 Å². The van der Waals surface area contributed by atoms with Crippen molar-refractivity contribution in [2.45, 2.75) is 5.92 Å². The van der Waals surface area contributed by atoms with Gasteiger partial charge in [0.25, 0.3) is 0 Å². The van der Waals surface area contributed by atoms with Crippen LogP contribution in [0.3, 0.4) is 0 Å². The van der Waals surface area contributed by atoms with Gasteiger partial charge in [-0.1, -0.05) is 35.9 Å². The van der Waals surface area contributed by atoms with Crippen LogP contribution in [0.5, 0.6) is 5.75 Å². The summed E-state index contributed by atoms with van der Waals surface area (Å²) in [6.45, 7) is 0.